The Hall–Kier alpha value is -0.500. The summed E-state index contributed by atoms with van der Waals surface area (Å²) < 4.78 is 1.29. The van der Waals surface area contributed by atoms with Gasteiger partial charge in [-0.2, -0.15) is 0 Å². The van der Waals surface area contributed by atoms with Crippen LogP contribution in [0, 0.1) is 5.92 Å². The number of nitrogens with zero attached hydrogens (tertiary/aromatic N) is 1. The number of unbranched alkanes of at least 4 members (excludes halogenated alkanes) is 1. The van der Waals surface area contributed by atoms with Crippen LogP contribution in [-0.2, 0) is 4.79 Å². The van der Waals surface area contributed by atoms with Crippen molar-refractivity contribution in [1.29, 1.82) is 0 Å². The van der Waals surface area contributed by atoms with Gasteiger partial charge in [-0.25, -0.2) is 0 Å². The average molecular weight is 204 g/mol. The van der Waals surface area contributed by atoms with Crippen LogP contribution in [0.5, 0.6) is 0 Å². The number of rotatable bonds is 6. The number of carbonyl (C=O) groups is 1. The van der Waals surface area contributed by atoms with E-state index in [1.54, 1.807) is 6.08 Å². The molecule has 2 nitrogen and oxygen atoms in total. The van der Waals surface area contributed by atoms with Crippen LogP contribution in [0.2, 0.25) is 0 Å². The molecule has 0 aromatic rings. The maximum absolute atomic E-state index is 11.5. The fourth-order valence-corrected chi connectivity index (χ4v) is 1.28. The van der Waals surface area contributed by atoms with Crippen LogP contribution >= 0.6 is 11.8 Å². The lowest BCUT2D eigenvalue weighted by atomic mass is 10.1. The van der Waals surface area contributed by atoms with Crippen molar-refractivity contribution in [2.45, 2.75) is 33.1 Å². The third kappa shape index (κ3) is 4.94. The molecule has 0 rings (SSSR count). The molecule has 1 unspecified atom stereocenters. The molecular weight excluding hydrogens is 186 g/mol. The Bertz CT molecular complexity index is 170. The highest BCUT2D eigenvalue weighted by molar-refractivity contribution is 6.21. The van der Waals surface area contributed by atoms with Gasteiger partial charge in [-0.3, -0.25) is 9.21 Å². The van der Waals surface area contributed by atoms with E-state index < -0.39 is 0 Å². The van der Waals surface area contributed by atoms with E-state index in [0.29, 0.717) is 13.0 Å². The van der Waals surface area contributed by atoms with E-state index in [4.69, 9.17) is 11.8 Å². The third-order valence-corrected chi connectivity index (χ3v) is 2.22. The zero-order valence-electron chi connectivity index (χ0n) is 8.42. The first kappa shape index (κ1) is 12.5. The molecular formula is C10H18ClNO. The summed E-state index contributed by atoms with van der Waals surface area (Å²) >= 11 is 5.79. The molecule has 0 aliphatic carbocycles. The molecule has 76 valence electrons. The van der Waals surface area contributed by atoms with Crippen molar-refractivity contribution in [2.75, 3.05) is 6.54 Å². The van der Waals surface area contributed by atoms with E-state index >= 15 is 0 Å². The molecule has 0 N–H and O–H groups in total. The Kier molecular flexibility index (Phi) is 6.69. The molecule has 13 heavy (non-hydrogen) atoms. The second-order valence-corrected chi connectivity index (χ2v) is 3.61. The molecule has 0 fully saturated rings. The Labute approximate surface area is 85.7 Å². The minimum absolute atomic E-state index is 0.00461. The number of hydrogen-bond donors (Lipinski definition) is 0. The van der Waals surface area contributed by atoms with Crippen molar-refractivity contribution in [3.05, 3.63) is 12.7 Å². The molecule has 0 radical (unpaired) electrons. The smallest absolute Gasteiger partial charge is 0.240 e. The van der Waals surface area contributed by atoms with Gasteiger partial charge in [0.1, 0.15) is 0 Å². The SMILES string of the molecule is C=CCC(C)C(=O)N(Cl)CCCC. The summed E-state index contributed by atoms with van der Waals surface area (Å²) in [6, 6.07) is 0. The van der Waals surface area contributed by atoms with E-state index in [2.05, 4.69) is 13.5 Å². The molecule has 1 amide bonds. The monoisotopic (exact) mass is 203 g/mol. The molecule has 0 heterocycles. The van der Waals surface area contributed by atoms with Crippen LogP contribution in [0.3, 0.4) is 0 Å². The van der Waals surface area contributed by atoms with Gasteiger partial charge < -0.3 is 0 Å². The van der Waals surface area contributed by atoms with Crippen LogP contribution in [0.4, 0.5) is 0 Å². The van der Waals surface area contributed by atoms with E-state index in [1.165, 1.54) is 4.42 Å². The topological polar surface area (TPSA) is 20.3 Å². The van der Waals surface area contributed by atoms with E-state index in [0.717, 1.165) is 12.8 Å². The highest BCUT2D eigenvalue weighted by Crippen LogP contribution is 2.10. The lowest BCUT2D eigenvalue weighted by Gasteiger charge is -2.17. The van der Waals surface area contributed by atoms with Crippen LogP contribution in [0.1, 0.15) is 33.1 Å². The van der Waals surface area contributed by atoms with Crippen LogP contribution in [-0.4, -0.2) is 16.9 Å². The minimum Gasteiger partial charge on any atom is -0.273 e. The van der Waals surface area contributed by atoms with Gasteiger partial charge in [0.25, 0.3) is 0 Å². The van der Waals surface area contributed by atoms with Crippen molar-refractivity contribution >= 4 is 17.7 Å². The van der Waals surface area contributed by atoms with E-state index in [1.807, 2.05) is 6.92 Å². The number of hydrogen-bond acceptors (Lipinski definition) is 1. The van der Waals surface area contributed by atoms with Gasteiger partial charge in [0.05, 0.1) is 0 Å². The quantitative estimate of drug-likeness (QED) is 0.480. The van der Waals surface area contributed by atoms with Gasteiger partial charge in [-0.15, -0.1) is 6.58 Å². The minimum atomic E-state index is -0.0492. The average Bonchev–Trinajstić information content (AvgIpc) is 2.13. The largest absolute Gasteiger partial charge is 0.273 e. The zero-order valence-corrected chi connectivity index (χ0v) is 9.18. The summed E-state index contributed by atoms with van der Waals surface area (Å²) in [5.74, 6) is -0.0538. The molecule has 0 aliphatic rings. The predicted molar refractivity (Wildman–Crippen MR) is 56.5 cm³/mol. The van der Waals surface area contributed by atoms with Gasteiger partial charge in [0, 0.05) is 24.2 Å². The fraction of sp³-hybridized carbons (Fsp3) is 0.700. The Morgan fingerprint density at radius 1 is 1.69 bits per heavy atom. The molecule has 0 saturated carbocycles. The third-order valence-electron chi connectivity index (χ3n) is 1.89. The predicted octanol–water partition coefficient (Wildman–Crippen LogP) is 2.98. The van der Waals surface area contributed by atoms with Crippen LogP contribution < -0.4 is 0 Å². The van der Waals surface area contributed by atoms with Crippen molar-refractivity contribution in [3.63, 3.8) is 0 Å². The van der Waals surface area contributed by atoms with Crippen molar-refractivity contribution in [2.24, 2.45) is 5.92 Å². The molecule has 3 heteroatoms. The van der Waals surface area contributed by atoms with Crippen LogP contribution in [0.25, 0.3) is 0 Å². The lowest BCUT2D eigenvalue weighted by Crippen LogP contribution is -2.27. The highest BCUT2D eigenvalue weighted by Gasteiger charge is 2.16. The first-order chi connectivity index (χ1) is 6.13. The van der Waals surface area contributed by atoms with Gasteiger partial charge in [0.2, 0.25) is 5.91 Å². The molecule has 0 spiro atoms. The zero-order chi connectivity index (χ0) is 10.3. The Balaban J connectivity index is 3.86. The fourth-order valence-electron chi connectivity index (χ4n) is 0.997. The number of amides is 1. The molecule has 0 aromatic carbocycles. The van der Waals surface area contributed by atoms with Gasteiger partial charge in [-0.05, 0) is 12.8 Å². The molecule has 1 atom stereocenters. The number of allylic oxidation sites excluding steroid dienone is 1. The van der Waals surface area contributed by atoms with Crippen molar-refractivity contribution in [1.82, 2.24) is 4.42 Å². The highest BCUT2D eigenvalue weighted by atomic mass is 35.5. The van der Waals surface area contributed by atoms with Gasteiger partial charge in [-0.1, -0.05) is 26.3 Å². The summed E-state index contributed by atoms with van der Waals surface area (Å²) in [5.41, 5.74) is 0. The standard InChI is InChI=1S/C10H18ClNO/c1-4-6-8-12(11)10(13)9(3)7-5-2/h5,9H,2,4,6-8H2,1,3H3. The maximum Gasteiger partial charge on any atom is 0.240 e. The summed E-state index contributed by atoms with van der Waals surface area (Å²) in [7, 11) is 0. The molecule has 0 saturated heterocycles. The number of carbonyl (C=O) groups excluding carboxylic acids is 1. The normalized spacial score (nSPS) is 12.2. The molecule has 0 aliphatic heterocycles. The Morgan fingerprint density at radius 2 is 2.31 bits per heavy atom. The second-order valence-electron chi connectivity index (χ2n) is 3.20. The first-order valence-electron chi connectivity index (χ1n) is 4.71. The Morgan fingerprint density at radius 3 is 2.77 bits per heavy atom. The van der Waals surface area contributed by atoms with Gasteiger partial charge >= 0.3 is 0 Å². The van der Waals surface area contributed by atoms with Crippen molar-refractivity contribution in [3.8, 4) is 0 Å². The number of halogens is 1. The summed E-state index contributed by atoms with van der Waals surface area (Å²) in [5, 5.41) is 0. The molecule has 0 bridgehead atoms. The summed E-state index contributed by atoms with van der Waals surface area (Å²) in [4.78, 5) is 11.5. The second kappa shape index (κ2) is 6.96. The van der Waals surface area contributed by atoms with Gasteiger partial charge in [0.15, 0.2) is 0 Å². The van der Waals surface area contributed by atoms with Crippen molar-refractivity contribution < 1.29 is 4.79 Å². The molecule has 0 aromatic heterocycles. The van der Waals surface area contributed by atoms with E-state index in [9.17, 15) is 4.79 Å². The first-order valence-corrected chi connectivity index (χ1v) is 5.05. The summed E-state index contributed by atoms with van der Waals surface area (Å²) in [6.07, 6.45) is 4.43. The maximum atomic E-state index is 11.5. The lowest BCUT2D eigenvalue weighted by molar-refractivity contribution is -0.130. The summed E-state index contributed by atoms with van der Waals surface area (Å²) in [6.45, 7) is 8.17. The van der Waals surface area contributed by atoms with E-state index in [-0.39, 0.29) is 11.8 Å². The van der Waals surface area contributed by atoms with Crippen LogP contribution in [0.15, 0.2) is 12.7 Å².